The minimum absolute atomic E-state index is 0.920. The molecule has 0 fully saturated rings. The Balaban J connectivity index is 2.00. The molecule has 0 bridgehead atoms. The van der Waals surface area contributed by atoms with E-state index in [0.717, 1.165) is 19.6 Å². The predicted molar refractivity (Wildman–Crippen MR) is 90.4 cm³/mol. The number of aromatic nitrogens is 1. The van der Waals surface area contributed by atoms with Crippen molar-refractivity contribution < 1.29 is 0 Å². The lowest BCUT2D eigenvalue weighted by atomic mass is 10.1. The third-order valence-electron chi connectivity index (χ3n) is 3.44. The van der Waals surface area contributed by atoms with Gasteiger partial charge in [0.1, 0.15) is 0 Å². The fourth-order valence-corrected chi connectivity index (χ4v) is 3.94. The van der Waals surface area contributed by atoms with Crippen LogP contribution in [-0.4, -0.2) is 11.1 Å². The van der Waals surface area contributed by atoms with Gasteiger partial charge in [-0.2, -0.15) is 0 Å². The van der Waals surface area contributed by atoms with Crippen LogP contribution in [0, 0.1) is 0 Å². The zero-order valence-electron chi connectivity index (χ0n) is 11.4. The number of rotatable bonds is 5. The molecule has 2 aromatic heterocycles. The van der Waals surface area contributed by atoms with Crippen molar-refractivity contribution in [1.82, 2.24) is 9.88 Å². The monoisotopic (exact) mass is 348 g/mol. The smallest absolute Gasteiger partial charge is 0.0580 e. The van der Waals surface area contributed by atoms with Crippen LogP contribution in [0.4, 0.5) is 0 Å². The van der Waals surface area contributed by atoms with Crippen LogP contribution in [0.1, 0.15) is 17.4 Å². The molecular formula is C16H17BrN2S. The lowest BCUT2D eigenvalue weighted by Gasteiger charge is -2.10. The molecule has 3 aromatic rings. The van der Waals surface area contributed by atoms with Crippen molar-refractivity contribution in [2.24, 2.45) is 0 Å². The molecular weight excluding hydrogens is 332 g/mol. The quantitative estimate of drug-likeness (QED) is 0.711. The Bertz CT molecular complexity index is 714. The Morgan fingerprint density at radius 1 is 1.25 bits per heavy atom. The average molecular weight is 349 g/mol. The zero-order valence-corrected chi connectivity index (χ0v) is 13.8. The van der Waals surface area contributed by atoms with E-state index in [1.165, 1.54) is 25.8 Å². The second kappa shape index (κ2) is 6.12. The standard InChI is InChI=1S/C16H17BrN2S/c1-2-18-10-13-5-3-4-12-6-8-19(16(12)13)11-15-14(17)7-9-20-15/h3-9,18H,2,10-11H2,1H3. The molecule has 0 radical (unpaired) electrons. The molecule has 3 rings (SSSR count). The van der Waals surface area contributed by atoms with E-state index in [1.807, 2.05) is 0 Å². The number of halogens is 1. The van der Waals surface area contributed by atoms with Crippen LogP contribution in [0.2, 0.25) is 0 Å². The van der Waals surface area contributed by atoms with E-state index in [2.05, 4.69) is 74.6 Å². The molecule has 0 atom stereocenters. The number of benzene rings is 1. The molecule has 0 aliphatic heterocycles. The highest BCUT2D eigenvalue weighted by Gasteiger charge is 2.09. The fraction of sp³-hybridized carbons (Fsp3) is 0.250. The van der Waals surface area contributed by atoms with Gasteiger partial charge in [-0.15, -0.1) is 11.3 Å². The second-order valence-electron chi connectivity index (χ2n) is 4.77. The molecule has 0 aliphatic carbocycles. The van der Waals surface area contributed by atoms with Crippen LogP contribution in [0.5, 0.6) is 0 Å². The van der Waals surface area contributed by atoms with Crippen molar-refractivity contribution in [2.45, 2.75) is 20.0 Å². The molecule has 2 heterocycles. The first kappa shape index (κ1) is 13.9. The van der Waals surface area contributed by atoms with Gasteiger partial charge in [0.25, 0.3) is 0 Å². The summed E-state index contributed by atoms with van der Waals surface area (Å²) in [6.45, 7) is 4.98. The van der Waals surface area contributed by atoms with Gasteiger partial charge in [0, 0.05) is 22.1 Å². The Morgan fingerprint density at radius 3 is 2.90 bits per heavy atom. The predicted octanol–water partition coefficient (Wildman–Crippen LogP) is 4.62. The summed E-state index contributed by atoms with van der Waals surface area (Å²) in [5.74, 6) is 0. The van der Waals surface area contributed by atoms with E-state index in [9.17, 15) is 0 Å². The van der Waals surface area contributed by atoms with Crippen LogP contribution in [-0.2, 0) is 13.1 Å². The number of nitrogens with one attached hydrogen (secondary N) is 1. The third kappa shape index (κ3) is 2.68. The first-order valence-electron chi connectivity index (χ1n) is 6.79. The third-order valence-corrected chi connectivity index (χ3v) is 5.35. The minimum atomic E-state index is 0.920. The molecule has 20 heavy (non-hydrogen) atoms. The molecule has 0 saturated carbocycles. The largest absolute Gasteiger partial charge is 0.342 e. The Hall–Kier alpha value is -1.10. The van der Waals surface area contributed by atoms with Crippen molar-refractivity contribution >= 4 is 38.2 Å². The molecule has 104 valence electrons. The molecule has 0 saturated heterocycles. The van der Waals surface area contributed by atoms with E-state index in [0.29, 0.717) is 0 Å². The maximum atomic E-state index is 3.62. The highest BCUT2D eigenvalue weighted by Crippen LogP contribution is 2.27. The first-order valence-corrected chi connectivity index (χ1v) is 8.46. The molecule has 0 aliphatic rings. The number of thiophene rings is 1. The summed E-state index contributed by atoms with van der Waals surface area (Å²) in [6.07, 6.45) is 2.19. The molecule has 1 N–H and O–H groups in total. The average Bonchev–Trinajstić information content (AvgIpc) is 3.05. The van der Waals surface area contributed by atoms with Crippen molar-refractivity contribution in [3.8, 4) is 0 Å². The lowest BCUT2D eigenvalue weighted by Crippen LogP contribution is -2.13. The summed E-state index contributed by atoms with van der Waals surface area (Å²) in [5, 5.41) is 6.87. The van der Waals surface area contributed by atoms with Gasteiger partial charge in [0.15, 0.2) is 0 Å². The summed E-state index contributed by atoms with van der Waals surface area (Å²) in [6, 6.07) is 10.9. The van der Waals surface area contributed by atoms with Crippen molar-refractivity contribution in [2.75, 3.05) is 6.54 Å². The summed E-state index contributed by atoms with van der Waals surface area (Å²) < 4.78 is 3.55. The molecule has 0 unspecified atom stereocenters. The van der Waals surface area contributed by atoms with Gasteiger partial charge in [0.2, 0.25) is 0 Å². The van der Waals surface area contributed by atoms with E-state index >= 15 is 0 Å². The Kier molecular flexibility index (Phi) is 4.24. The summed E-state index contributed by atoms with van der Waals surface area (Å²) in [4.78, 5) is 1.36. The topological polar surface area (TPSA) is 17.0 Å². The second-order valence-corrected chi connectivity index (χ2v) is 6.63. The number of hydrogen-bond acceptors (Lipinski definition) is 2. The van der Waals surface area contributed by atoms with Gasteiger partial charge in [-0.3, -0.25) is 0 Å². The molecule has 2 nitrogen and oxygen atoms in total. The maximum absolute atomic E-state index is 3.62. The van der Waals surface area contributed by atoms with Crippen molar-refractivity contribution in [1.29, 1.82) is 0 Å². The van der Waals surface area contributed by atoms with Gasteiger partial charge in [-0.25, -0.2) is 0 Å². The molecule has 4 heteroatoms. The first-order chi connectivity index (χ1) is 9.79. The van der Waals surface area contributed by atoms with Crippen LogP contribution >= 0.6 is 27.3 Å². The SMILES string of the molecule is CCNCc1cccc2ccn(Cc3sccc3Br)c12. The Labute approximate surface area is 131 Å². The van der Waals surface area contributed by atoms with E-state index < -0.39 is 0 Å². The fourth-order valence-electron chi connectivity index (χ4n) is 2.47. The Morgan fingerprint density at radius 2 is 2.15 bits per heavy atom. The van der Waals surface area contributed by atoms with Crippen LogP contribution in [0.15, 0.2) is 46.4 Å². The normalized spacial score (nSPS) is 11.3. The van der Waals surface area contributed by atoms with Gasteiger partial charge in [-0.1, -0.05) is 25.1 Å². The van der Waals surface area contributed by atoms with Crippen LogP contribution in [0.25, 0.3) is 10.9 Å². The molecule has 0 spiro atoms. The molecule has 1 aromatic carbocycles. The number of hydrogen-bond donors (Lipinski definition) is 1. The van der Waals surface area contributed by atoms with Crippen LogP contribution in [0.3, 0.4) is 0 Å². The van der Waals surface area contributed by atoms with Gasteiger partial charge in [-0.05, 0) is 50.9 Å². The van der Waals surface area contributed by atoms with Gasteiger partial charge in [0.05, 0.1) is 12.1 Å². The lowest BCUT2D eigenvalue weighted by molar-refractivity contribution is 0.724. The van der Waals surface area contributed by atoms with Crippen LogP contribution < -0.4 is 5.32 Å². The van der Waals surface area contributed by atoms with E-state index in [1.54, 1.807) is 11.3 Å². The van der Waals surface area contributed by atoms with Crippen molar-refractivity contribution in [3.63, 3.8) is 0 Å². The van der Waals surface area contributed by atoms with Gasteiger partial charge < -0.3 is 9.88 Å². The van der Waals surface area contributed by atoms with E-state index in [-0.39, 0.29) is 0 Å². The zero-order chi connectivity index (χ0) is 13.9. The highest BCUT2D eigenvalue weighted by molar-refractivity contribution is 9.10. The number of nitrogens with zero attached hydrogens (tertiary/aromatic N) is 1. The maximum Gasteiger partial charge on any atom is 0.0580 e. The molecule has 0 amide bonds. The van der Waals surface area contributed by atoms with E-state index in [4.69, 9.17) is 0 Å². The highest BCUT2D eigenvalue weighted by atomic mass is 79.9. The summed E-state index contributed by atoms with van der Waals surface area (Å²) in [5.41, 5.74) is 2.70. The minimum Gasteiger partial charge on any atom is -0.342 e. The van der Waals surface area contributed by atoms with Crippen molar-refractivity contribution in [3.05, 3.63) is 56.8 Å². The van der Waals surface area contributed by atoms with Gasteiger partial charge >= 0.3 is 0 Å². The number of para-hydroxylation sites is 1. The summed E-state index contributed by atoms with van der Waals surface area (Å²) >= 11 is 5.42. The summed E-state index contributed by atoms with van der Waals surface area (Å²) in [7, 11) is 0. The number of fused-ring (bicyclic) bond motifs is 1.